The van der Waals surface area contributed by atoms with Crippen LogP contribution in [-0.2, 0) is 11.3 Å². The van der Waals surface area contributed by atoms with E-state index in [1.54, 1.807) is 11.1 Å². The standard InChI is InChI=1S/C29H32N4O3/c1-21-3-2-4-23(27-11-12-30-31-27)8-10-28(21)36-26-9-7-24-17-22(5-6-25(24)18-26)19-32-13-15-33(16-14-32)29(35)20-34/h4-12,17-18,34H,2-3,13-16,19-20H2,1H3,(H,30,31). The number of aromatic amines is 1. The van der Waals surface area contributed by atoms with Gasteiger partial charge in [0.1, 0.15) is 18.1 Å². The Morgan fingerprint density at radius 1 is 1.06 bits per heavy atom. The topological polar surface area (TPSA) is 81.7 Å². The van der Waals surface area contributed by atoms with Crippen LogP contribution in [0.25, 0.3) is 16.3 Å². The third-order valence-corrected chi connectivity index (χ3v) is 6.90. The molecule has 1 saturated heterocycles. The first kappa shape index (κ1) is 24.0. The predicted molar refractivity (Wildman–Crippen MR) is 141 cm³/mol. The number of H-pyrrole nitrogens is 1. The van der Waals surface area contributed by atoms with Crippen molar-refractivity contribution < 1.29 is 14.6 Å². The second-order valence-corrected chi connectivity index (χ2v) is 9.41. The van der Waals surface area contributed by atoms with Crippen LogP contribution in [0.5, 0.6) is 5.75 Å². The molecule has 0 unspecified atom stereocenters. The quantitative estimate of drug-likeness (QED) is 0.546. The Labute approximate surface area is 211 Å². The Hall–Kier alpha value is -3.68. The molecule has 2 N–H and O–H groups in total. The smallest absolute Gasteiger partial charge is 0.248 e. The number of aliphatic hydroxyl groups excluding tert-OH is 1. The summed E-state index contributed by atoms with van der Waals surface area (Å²) in [6.07, 6.45) is 10.0. The van der Waals surface area contributed by atoms with Crippen molar-refractivity contribution in [2.24, 2.45) is 0 Å². The summed E-state index contributed by atoms with van der Waals surface area (Å²) in [4.78, 5) is 15.8. The molecule has 0 saturated carbocycles. The predicted octanol–water partition coefficient (Wildman–Crippen LogP) is 4.29. The summed E-state index contributed by atoms with van der Waals surface area (Å²) in [5.74, 6) is 1.52. The molecule has 1 fully saturated rings. The van der Waals surface area contributed by atoms with Gasteiger partial charge in [0.2, 0.25) is 5.91 Å². The average molecular weight is 485 g/mol. The van der Waals surface area contributed by atoms with Crippen molar-refractivity contribution in [3.63, 3.8) is 0 Å². The number of hydrogen-bond donors (Lipinski definition) is 2. The molecule has 2 aliphatic rings. The number of hydrogen-bond acceptors (Lipinski definition) is 5. The Kier molecular flexibility index (Phi) is 7.30. The van der Waals surface area contributed by atoms with Crippen LogP contribution in [-0.4, -0.2) is 63.8 Å². The van der Waals surface area contributed by atoms with Crippen LogP contribution < -0.4 is 4.74 Å². The summed E-state index contributed by atoms with van der Waals surface area (Å²) >= 11 is 0. The lowest BCUT2D eigenvalue weighted by Gasteiger charge is -2.34. The summed E-state index contributed by atoms with van der Waals surface area (Å²) in [6, 6.07) is 14.8. The Morgan fingerprint density at radius 3 is 2.64 bits per heavy atom. The lowest BCUT2D eigenvalue weighted by molar-refractivity contribution is -0.135. The lowest BCUT2D eigenvalue weighted by atomic mass is 10.0. The largest absolute Gasteiger partial charge is 0.457 e. The van der Waals surface area contributed by atoms with Gasteiger partial charge in [-0.1, -0.05) is 24.3 Å². The van der Waals surface area contributed by atoms with Crippen LogP contribution in [0.1, 0.15) is 31.0 Å². The second kappa shape index (κ2) is 10.9. The number of fused-ring (bicyclic) bond motifs is 1. The van der Waals surface area contributed by atoms with E-state index in [-0.39, 0.29) is 5.91 Å². The number of ether oxygens (including phenoxy) is 1. The normalized spacial score (nSPS) is 17.2. The zero-order valence-corrected chi connectivity index (χ0v) is 20.6. The molecular weight excluding hydrogens is 452 g/mol. The molecule has 7 heteroatoms. The molecule has 7 nitrogen and oxygen atoms in total. The number of benzene rings is 2. The fraction of sp³-hybridized carbons (Fsp3) is 0.310. The molecule has 0 spiro atoms. The molecular formula is C29H32N4O3. The minimum absolute atomic E-state index is 0.186. The van der Waals surface area contributed by atoms with E-state index in [1.807, 2.05) is 18.2 Å². The maximum Gasteiger partial charge on any atom is 0.248 e. The van der Waals surface area contributed by atoms with Gasteiger partial charge in [-0.25, -0.2) is 0 Å². The monoisotopic (exact) mass is 484 g/mol. The van der Waals surface area contributed by atoms with Gasteiger partial charge >= 0.3 is 0 Å². The van der Waals surface area contributed by atoms with E-state index in [2.05, 4.69) is 64.5 Å². The van der Waals surface area contributed by atoms with Crippen molar-refractivity contribution in [2.45, 2.75) is 26.3 Å². The van der Waals surface area contributed by atoms with Gasteiger partial charge in [-0.3, -0.25) is 14.8 Å². The van der Waals surface area contributed by atoms with Gasteiger partial charge in [0.25, 0.3) is 0 Å². The zero-order chi connectivity index (χ0) is 24.9. The van der Waals surface area contributed by atoms with Gasteiger partial charge in [-0.05, 0) is 83.7 Å². The molecule has 2 aromatic carbocycles. The summed E-state index contributed by atoms with van der Waals surface area (Å²) in [7, 11) is 0. The molecule has 2 heterocycles. The summed E-state index contributed by atoms with van der Waals surface area (Å²) in [6.45, 7) is 5.52. The van der Waals surface area contributed by atoms with Crippen LogP contribution in [0, 0.1) is 0 Å². The highest BCUT2D eigenvalue weighted by Gasteiger charge is 2.20. The van der Waals surface area contributed by atoms with E-state index in [0.717, 1.165) is 60.6 Å². The molecule has 1 aromatic heterocycles. The van der Waals surface area contributed by atoms with Crippen molar-refractivity contribution in [2.75, 3.05) is 32.8 Å². The van der Waals surface area contributed by atoms with E-state index in [1.165, 1.54) is 16.5 Å². The Bertz CT molecular complexity index is 1320. The maximum atomic E-state index is 11.7. The van der Waals surface area contributed by atoms with Crippen LogP contribution >= 0.6 is 0 Å². The van der Waals surface area contributed by atoms with E-state index in [9.17, 15) is 4.79 Å². The number of carbonyl (C=O) groups excluding carboxylic acids is 1. The van der Waals surface area contributed by atoms with Crippen LogP contribution in [0.15, 0.2) is 78.2 Å². The van der Waals surface area contributed by atoms with Gasteiger partial charge in [0.05, 0.1) is 5.69 Å². The number of piperazine rings is 1. The molecule has 0 atom stereocenters. The number of nitrogens with one attached hydrogen (secondary N) is 1. The zero-order valence-electron chi connectivity index (χ0n) is 20.6. The Morgan fingerprint density at radius 2 is 1.86 bits per heavy atom. The van der Waals surface area contributed by atoms with E-state index >= 15 is 0 Å². The summed E-state index contributed by atoms with van der Waals surface area (Å²) in [5, 5.41) is 18.5. The summed E-state index contributed by atoms with van der Waals surface area (Å²) in [5.41, 5.74) is 4.60. The van der Waals surface area contributed by atoms with Gasteiger partial charge in [0.15, 0.2) is 0 Å². The van der Waals surface area contributed by atoms with E-state index in [0.29, 0.717) is 13.1 Å². The number of allylic oxidation sites excluding steroid dienone is 5. The fourth-order valence-corrected chi connectivity index (χ4v) is 4.76. The van der Waals surface area contributed by atoms with Crippen LogP contribution in [0.2, 0.25) is 0 Å². The highest BCUT2D eigenvalue weighted by molar-refractivity contribution is 5.84. The highest BCUT2D eigenvalue weighted by atomic mass is 16.5. The fourth-order valence-electron chi connectivity index (χ4n) is 4.76. The van der Waals surface area contributed by atoms with Crippen molar-refractivity contribution in [3.05, 3.63) is 89.5 Å². The highest BCUT2D eigenvalue weighted by Crippen LogP contribution is 2.28. The Balaban J connectivity index is 1.26. The number of aromatic nitrogens is 2. The molecule has 36 heavy (non-hydrogen) atoms. The second-order valence-electron chi connectivity index (χ2n) is 9.41. The molecule has 0 bridgehead atoms. The molecule has 0 radical (unpaired) electrons. The molecule has 1 aliphatic heterocycles. The van der Waals surface area contributed by atoms with Gasteiger partial charge < -0.3 is 14.7 Å². The van der Waals surface area contributed by atoms with E-state index in [4.69, 9.17) is 9.84 Å². The van der Waals surface area contributed by atoms with Crippen LogP contribution in [0.3, 0.4) is 0 Å². The molecule has 1 aliphatic carbocycles. The minimum Gasteiger partial charge on any atom is -0.457 e. The number of amides is 1. The maximum absolute atomic E-state index is 11.7. The third kappa shape index (κ3) is 5.58. The average Bonchev–Trinajstić information content (AvgIpc) is 3.43. The summed E-state index contributed by atoms with van der Waals surface area (Å²) < 4.78 is 6.35. The SMILES string of the molecule is CC1=C(Oc2ccc3cc(CN4CCN(C(=O)CO)CC4)ccc3c2)C=CC(c2ccn[nH]2)=CCC1. The third-order valence-electron chi connectivity index (χ3n) is 6.90. The molecule has 5 rings (SSSR count). The van der Waals surface area contributed by atoms with Crippen molar-refractivity contribution in [3.8, 4) is 5.75 Å². The van der Waals surface area contributed by atoms with E-state index < -0.39 is 6.61 Å². The van der Waals surface area contributed by atoms with Crippen molar-refractivity contribution in [1.82, 2.24) is 20.0 Å². The van der Waals surface area contributed by atoms with Gasteiger partial charge in [0, 0.05) is 38.9 Å². The van der Waals surface area contributed by atoms with Crippen LogP contribution in [0.4, 0.5) is 0 Å². The van der Waals surface area contributed by atoms with Gasteiger partial charge in [-0.15, -0.1) is 0 Å². The number of rotatable bonds is 6. The number of nitrogens with zero attached hydrogens (tertiary/aromatic N) is 3. The lowest BCUT2D eigenvalue weighted by Crippen LogP contribution is -2.49. The first-order chi connectivity index (χ1) is 17.6. The van der Waals surface area contributed by atoms with Crippen molar-refractivity contribution >= 4 is 22.3 Å². The van der Waals surface area contributed by atoms with Crippen molar-refractivity contribution in [1.29, 1.82) is 0 Å². The molecule has 1 amide bonds. The molecule has 3 aromatic rings. The first-order valence-corrected chi connectivity index (χ1v) is 12.5. The number of carbonyl (C=O) groups is 1. The molecule has 186 valence electrons. The van der Waals surface area contributed by atoms with Gasteiger partial charge in [-0.2, -0.15) is 5.10 Å². The number of aliphatic hydroxyl groups is 1. The first-order valence-electron chi connectivity index (χ1n) is 12.5. The minimum atomic E-state index is -0.410.